The van der Waals surface area contributed by atoms with E-state index in [2.05, 4.69) is 27.1 Å². The number of aliphatic hydroxyl groups is 1. The average molecular weight is 279 g/mol. The summed E-state index contributed by atoms with van der Waals surface area (Å²) in [5, 5.41) is 12.9. The quantitative estimate of drug-likeness (QED) is 0.827. The molecule has 1 aliphatic rings. The largest absolute Gasteiger partial charge is 0.391 e. The van der Waals surface area contributed by atoms with E-state index in [-0.39, 0.29) is 12.1 Å². The van der Waals surface area contributed by atoms with Gasteiger partial charge < -0.3 is 10.4 Å². The Bertz CT molecular complexity index is 643. The van der Waals surface area contributed by atoms with Gasteiger partial charge in [-0.05, 0) is 31.4 Å². The Labute approximate surface area is 124 Å². The van der Waals surface area contributed by atoms with Gasteiger partial charge in [-0.25, -0.2) is 9.97 Å². The van der Waals surface area contributed by atoms with Crippen molar-refractivity contribution in [3.8, 4) is 11.8 Å². The van der Waals surface area contributed by atoms with Gasteiger partial charge >= 0.3 is 0 Å². The first-order chi connectivity index (χ1) is 10.3. The minimum Gasteiger partial charge on any atom is -0.391 e. The van der Waals surface area contributed by atoms with E-state index >= 15 is 0 Å². The Morgan fingerprint density at radius 1 is 1.00 bits per heavy atom. The Hall–Kier alpha value is -2.38. The van der Waals surface area contributed by atoms with E-state index in [0.717, 1.165) is 30.4 Å². The molecule has 1 fully saturated rings. The monoisotopic (exact) mass is 279 g/mol. The van der Waals surface area contributed by atoms with Gasteiger partial charge in [0.05, 0.1) is 17.7 Å². The molecule has 1 heterocycles. The molecule has 4 heteroatoms. The zero-order valence-corrected chi connectivity index (χ0v) is 11.7. The molecule has 0 radical (unpaired) electrons. The number of nitrogens with zero attached hydrogens (tertiary/aromatic N) is 2. The van der Waals surface area contributed by atoms with Gasteiger partial charge in [-0.1, -0.05) is 30.0 Å². The molecule has 106 valence electrons. The molecule has 1 aromatic heterocycles. The molecule has 0 saturated heterocycles. The van der Waals surface area contributed by atoms with Gasteiger partial charge in [0, 0.05) is 18.0 Å². The second kappa shape index (κ2) is 6.38. The van der Waals surface area contributed by atoms with Gasteiger partial charge in [0.15, 0.2) is 0 Å². The van der Waals surface area contributed by atoms with Crippen LogP contribution in [0, 0.1) is 11.8 Å². The Balaban J connectivity index is 1.66. The number of hydrogen-bond acceptors (Lipinski definition) is 4. The molecule has 21 heavy (non-hydrogen) atoms. The summed E-state index contributed by atoms with van der Waals surface area (Å²) in [5.41, 5.74) is 1.74. The van der Waals surface area contributed by atoms with E-state index in [1.807, 2.05) is 30.3 Å². The third-order valence-electron chi connectivity index (χ3n) is 3.57. The molecule has 1 aromatic carbocycles. The zero-order chi connectivity index (χ0) is 14.5. The molecular formula is C17H17N3O. The van der Waals surface area contributed by atoms with Crippen LogP contribution in [0.2, 0.25) is 0 Å². The summed E-state index contributed by atoms with van der Waals surface area (Å²) in [4.78, 5) is 8.51. The number of benzene rings is 1. The number of anilines is 1. The summed E-state index contributed by atoms with van der Waals surface area (Å²) in [7, 11) is 0. The van der Waals surface area contributed by atoms with Crippen molar-refractivity contribution in [2.24, 2.45) is 0 Å². The molecule has 4 nitrogen and oxygen atoms in total. The lowest BCUT2D eigenvalue weighted by Crippen LogP contribution is -2.28. The summed E-state index contributed by atoms with van der Waals surface area (Å²) >= 11 is 0. The van der Waals surface area contributed by atoms with E-state index in [0.29, 0.717) is 5.95 Å². The van der Waals surface area contributed by atoms with Crippen LogP contribution in [0.5, 0.6) is 0 Å². The maximum absolute atomic E-state index is 9.77. The maximum atomic E-state index is 9.77. The van der Waals surface area contributed by atoms with Gasteiger partial charge in [0.25, 0.3) is 0 Å². The zero-order valence-electron chi connectivity index (χ0n) is 11.7. The van der Waals surface area contributed by atoms with E-state index < -0.39 is 0 Å². The Morgan fingerprint density at radius 3 is 2.38 bits per heavy atom. The highest BCUT2D eigenvalue weighted by Crippen LogP contribution is 2.21. The smallest absolute Gasteiger partial charge is 0.222 e. The van der Waals surface area contributed by atoms with Crippen LogP contribution in [0.4, 0.5) is 5.95 Å². The molecule has 3 rings (SSSR count). The van der Waals surface area contributed by atoms with Crippen LogP contribution in [0.15, 0.2) is 42.7 Å². The SMILES string of the molecule is OC1CCCC1Nc1ncc(C#Cc2ccccc2)cn1. The van der Waals surface area contributed by atoms with E-state index in [4.69, 9.17) is 0 Å². The standard InChI is InChI=1S/C17H17N3O/c21-16-8-4-7-15(16)20-17-18-11-14(12-19-17)10-9-13-5-2-1-3-6-13/h1-3,5-6,11-12,15-16,21H,4,7-8H2,(H,18,19,20). The Morgan fingerprint density at radius 2 is 1.71 bits per heavy atom. The molecule has 0 aliphatic heterocycles. The topological polar surface area (TPSA) is 58.0 Å². The number of rotatable bonds is 2. The summed E-state index contributed by atoms with van der Waals surface area (Å²) in [6.07, 6.45) is 5.95. The number of aliphatic hydroxyl groups excluding tert-OH is 1. The third kappa shape index (κ3) is 3.59. The molecule has 2 unspecified atom stereocenters. The second-order valence-corrected chi connectivity index (χ2v) is 5.16. The van der Waals surface area contributed by atoms with Gasteiger partial charge in [-0.2, -0.15) is 0 Å². The Kier molecular flexibility index (Phi) is 4.13. The van der Waals surface area contributed by atoms with Gasteiger partial charge in [0.2, 0.25) is 5.95 Å². The minimum atomic E-state index is -0.300. The van der Waals surface area contributed by atoms with Crippen LogP contribution in [0.1, 0.15) is 30.4 Å². The first-order valence-electron chi connectivity index (χ1n) is 7.15. The number of nitrogens with one attached hydrogen (secondary N) is 1. The summed E-state index contributed by atoms with van der Waals surface area (Å²) in [6, 6.07) is 9.87. The van der Waals surface area contributed by atoms with Crippen molar-refractivity contribution in [1.82, 2.24) is 9.97 Å². The molecule has 2 aromatic rings. The predicted octanol–water partition coefficient (Wildman–Crippen LogP) is 2.20. The first-order valence-corrected chi connectivity index (χ1v) is 7.15. The molecule has 2 atom stereocenters. The van der Waals surface area contributed by atoms with Crippen LogP contribution in [0.25, 0.3) is 0 Å². The highest BCUT2D eigenvalue weighted by atomic mass is 16.3. The first kappa shape index (κ1) is 13.6. The minimum absolute atomic E-state index is 0.0613. The predicted molar refractivity (Wildman–Crippen MR) is 81.7 cm³/mol. The molecule has 0 spiro atoms. The van der Waals surface area contributed by atoms with E-state index in [1.165, 1.54) is 0 Å². The summed E-state index contributed by atoms with van der Waals surface area (Å²) < 4.78 is 0. The fraction of sp³-hybridized carbons (Fsp3) is 0.294. The molecule has 1 saturated carbocycles. The third-order valence-corrected chi connectivity index (χ3v) is 3.57. The number of aromatic nitrogens is 2. The molecule has 1 aliphatic carbocycles. The average Bonchev–Trinajstić information content (AvgIpc) is 2.93. The lowest BCUT2D eigenvalue weighted by molar-refractivity contribution is 0.171. The summed E-state index contributed by atoms with van der Waals surface area (Å²) in [5.74, 6) is 6.66. The van der Waals surface area contributed by atoms with Crippen LogP contribution < -0.4 is 5.32 Å². The van der Waals surface area contributed by atoms with Crippen LogP contribution in [0.3, 0.4) is 0 Å². The van der Waals surface area contributed by atoms with Crippen LogP contribution in [-0.2, 0) is 0 Å². The van der Waals surface area contributed by atoms with Crippen LogP contribution in [-0.4, -0.2) is 27.2 Å². The number of hydrogen-bond donors (Lipinski definition) is 2. The van der Waals surface area contributed by atoms with Crippen molar-refractivity contribution in [1.29, 1.82) is 0 Å². The van der Waals surface area contributed by atoms with Crippen molar-refractivity contribution in [2.45, 2.75) is 31.4 Å². The van der Waals surface area contributed by atoms with Crippen molar-refractivity contribution >= 4 is 5.95 Å². The van der Waals surface area contributed by atoms with Crippen molar-refractivity contribution < 1.29 is 5.11 Å². The fourth-order valence-corrected chi connectivity index (χ4v) is 2.41. The van der Waals surface area contributed by atoms with Crippen molar-refractivity contribution in [2.75, 3.05) is 5.32 Å². The van der Waals surface area contributed by atoms with Gasteiger partial charge in [0.1, 0.15) is 0 Å². The molecular weight excluding hydrogens is 262 g/mol. The van der Waals surface area contributed by atoms with Gasteiger partial charge in [-0.3, -0.25) is 0 Å². The maximum Gasteiger partial charge on any atom is 0.222 e. The lowest BCUT2D eigenvalue weighted by Gasteiger charge is -2.15. The fourth-order valence-electron chi connectivity index (χ4n) is 2.41. The normalized spacial score (nSPS) is 20.6. The van der Waals surface area contributed by atoms with Crippen molar-refractivity contribution in [3.63, 3.8) is 0 Å². The highest BCUT2D eigenvalue weighted by Gasteiger charge is 2.25. The highest BCUT2D eigenvalue weighted by molar-refractivity contribution is 5.42. The van der Waals surface area contributed by atoms with E-state index in [9.17, 15) is 5.11 Å². The van der Waals surface area contributed by atoms with Gasteiger partial charge in [-0.15, -0.1) is 0 Å². The lowest BCUT2D eigenvalue weighted by atomic mass is 10.2. The second-order valence-electron chi connectivity index (χ2n) is 5.16. The summed E-state index contributed by atoms with van der Waals surface area (Å²) in [6.45, 7) is 0. The molecule has 0 amide bonds. The molecule has 2 N–H and O–H groups in total. The van der Waals surface area contributed by atoms with E-state index in [1.54, 1.807) is 12.4 Å². The van der Waals surface area contributed by atoms with Crippen molar-refractivity contribution in [3.05, 3.63) is 53.9 Å². The van der Waals surface area contributed by atoms with Crippen LogP contribution >= 0.6 is 0 Å². The molecule has 0 bridgehead atoms.